The minimum absolute atomic E-state index is 0.190. The Labute approximate surface area is 120 Å². The van der Waals surface area contributed by atoms with Gasteiger partial charge in [0.05, 0.1) is 12.7 Å². The number of benzene rings is 1. The SMILES string of the molecule is CC1CN(S(=O)(=O)c2ccc(Br)cc2F)C(C)CO1. The summed E-state index contributed by atoms with van der Waals surface area (Å²) in [5.74, 6) is -0.749. The highest BCUT2D eigenvalue weighted by molar-refractivity contribution is 9.10. The van der Waals surface area contributed by atoms with Gasteiger partial charge in [-0.05, 0) is 32.0 Å². The minimum Gasteiger partial charge on any atom is -0.375 e. The van der Waals surface area contributed by atoms with Crippen molar-refractivity contribution in [3.63, 3.8) is 0 Å². The van der Waals surface area contributed by atoms with E-state index in [4.69, 9.17) is 4.74 Å². The summed E-state index contributed by atoms with van der Waals surface area (Å²) >= 11 is 3.11. The molecule has 4 nitrogen and oxygen atoms in total. The first kappa shape index (κ1) is 14.9. The molecule has 1 heterocycles. The third-order valence-corrected chi connectivity index (χ3v) is 5.54. The quantitative estimate of drug-likeness (QED) is 0.821. The van der Waals surface area contributed by atoms with Crippen LogP contribution >= 0.6 is 15.9 Å². The molecule has 7 heteroatoms. The van der Waals surface area contributed by atoms with Crippen LogP contribution in [0.1, 0.15) is 13.8 Å². The Bertz CT molecular complexity index is 578. The third kappa shape index (κ3) is 2.99. The maximum atomic E-state index is 13.9. The summed E-state index contributed by atoms with van der Waals surface area (Å²) in [6, 6.07) is 3.65. The van der Waals surface area contributed by atoms with Crippen molar-refractivity contribution >= 4 is 26.0 Å². The molecule has 2 rings (SSSR count). The Kier molecular flexibility index (Phi) is 4.29. The van der Waals surface area contributed by atoms with Crippen LogP contribution in [-0.2, 0) is 14.8 Å². The number of hydrogen-bond acceptors (Lipinski definition) is 3. The zero-order valence-corrected chi connectivity index (χ0v) is 13.0. The van der Waals surface area contributed by atoms with Crippen molar-refractivity contribution < 1.29 is 17.5 Å². The normalized spacial score (nSPS) is 25.5. The van der Waals surface area contributed by atoms with Crippen LogP contribution in [0.5, 0.6) is 0 Å². The molecule has 2 unspecified atom stereocenters. The number of hydrogen-bond donors (Lipinski definition) is 0. The van der Waals surface area contributed by atoms with Crippen molar-refractivity contribution in [2.75, 3.05) is 13.2 Å². The van der Waals surface area contributed by atoms with Gasteiger partial charge < -0.3 is 4.74 Å². The Morgan fingerprint density at radius 2 is 2.11 bits per heavy atom. The number of nitrogens with zero attached hydrogens (tertiary/aromatic N) is 1. The smallest absolute Gasteiger partial charge is 0.246 e. The topological polar surface area (TPSA) is 46.6 Å². The van der Waals surface area contributed by atoms with Gasteiger partial charge in [0.25, 0.3) is 0 Å². The Morgan fingerprint density at radius 1 is 1.42 bits per heavy atom. The lowest BCUT2D eigenvalue weighted by molar-refractivity contribution is -0.0171. The van der Waals surface area contributed by atoms with E-state index in [0.717, 1.165) is 6.07 Å². The van der Waals surface area contributed by atoms with Crippen LogP contribution in [0.3, 0.4) is 0 Å². The number of ether oxygens (including phenoxy) is 1. The fourth-order valence-electron chi connectivity index (χ4n) is 2.02. The van der Waals surface area contributed by atoms with Gasteiger partial charge in [0, 0.05) is 17.1 Å². The van der Waals surface area contributed by atoms with Gasteiger partial charge in [0.1, 0.15) is 10.7 Å². The number of halogens is 2. The molecule has 2 atom stereocenters. The summed E-state index contributed by atoms with van der Waals surface area (Å²) in [7, 11) is -3.83. The predicted molar refractivity (Wildman–Crippen MR) is 72.9 cm³/mol. The molecule has 106 valence electrons. The largest absolute Gasteiger partial charge is 0.375 e. The van der Waals surface area contributed by atoms with Crippen LogP contribution in [0.25, 0.3) is 0 Å². The van der Waals surface area contributed by atoms with E-state index < -0.39 is 15.8 Å². The zero-order chi connectivity index (χ0) is 14.2. The molecule has 0 N–H and O–H groups in total. The first-order valence-corrected chi connectivity index (χ1v) is 8.14. The van der Waals surface area contributed by atoms with E-state index in [1.165, 1.54) is 16.4 Å². The lowest BCUT2D eigenvalue weighted by Gasteiger charge is -2.35. The summed E-state index contributed by atoms with van der Waals surface area (Å²) in [5, 5.41) is 0. The van der Waals surface area contributed by atoms with Crippen molar-refractivity contribution in [3.8, 4) is 0 Å². The second kappa shape index (κ2) is 5.47. The predicted octanol–water partition coefficient (Wildman–Crippen LogP) is 2.39. The maximum Gasteiger partial charge on any atom is 0.246 e. The van der Waals surface area contributed by atoms with Crippen LogP contribution in [0.15, 0.2) is 27.6 Å². The minimum atomic E-state index is -3.83. The number of morpholine rings is 1. The molecule has 19 heavy (non-hydrogen) atoms. The van der Waals surface area contributed by atoms with Gasteiger partial charge in [-0.25, -0.2) is 12.8 Å². The van der Waals surface area contributed by atoms with Crippen molar-refractivity contribution in [3.05, 3.63) is 28.5 Å². The average molecular weight is 352 g/mol. The summed E-state index contributed by atoms with van der Waals surface area (Å²) in [6.07, 6.45) is -0.190. The van der Waals surface area contributed by atoms with Gasteiger partial charge in [-0.15, -0.1) is 0 Å². The first-order valence-electron chi connectivity index (χ1n) is 5.91. The molecular weight excluding hydrogens is 337 g/mol. The second-order valence-corrected chi connectivity index (χ2v) is 7.42. The molecule has 1 aliphatic heterocycles. The van der Waals surface area contributed by atoms with Crippen molar-refractivity contribution in [1.82, 2.24) is 4.31 Å². The molecule has 1 aromatic rings. The highest BCUT2D eigenvalue weighted by Gasteiger charge is 2.35. The van der Waals surface area contributed by atoms with Gasteiger partial charge in [0.2, 0.25) is 10.0 Å². The maximum absolute atomic E-state index is 13.9. The summed E-state index contributed by atoms with van der Waals surface area (Å²) < 4.78 is 46.0. The molecule has 0 radical (unpaired) electrons. The third-order valence-electron chi connectivity index (χ3n) is 3.03. The van der Waals surface area contributed by atoms with E-state index in [0.29, 0.717) is 11.1 Å². The molecule has 0 spiro atoms. The first-order chi connectivity index (χ1) is 8.82. The van der Waals surface area contributed by atoms with E-state index >= 15 is 0 Å². The second-order valence-electron chi connectivity index (χ2n) is 4.64. The molecule has 1 aromatic carbocycles. The summed E-state index contributed by atoms with van der Waals surface area (Å²) in [5.41, 5.74) is 0. The Hall–Kier alpha value is -0.500. The van der Waals surface area contributed by atoms with E-state index in [2.05, 4.69) is 15.9 Å². The molecule has 0 bridgehead atoms. The monoisotopic (exact) mass is 351 g/mol. The molecule has 1 fully saturated rings. The van der Waals surface area contributed by atoms with Gasteiger partial charge in [-0.2, -0.15) is 4.31 Å². The van der Waals surface area contributed by atoms with Crippen molar-refractivity contribution in [2.45, 2.75) is 30.9 Å². The Morgan fingerprint density at radius 3 is 2.74 bits per heavy atom. The van der Waals surface area contributed by atoms with Crippen LogP contribution < -0.4 is 0 Å². The summed E-state index contributed by atoms with van der Waals surface area (Å²) in [4.78, 5) is -0.295. The van der Waals surface area contributed by atoms with Crippen LogP contribution in [0.2, 0.25) is 0 Å². The molecule has 0 aliphatic carbocycles. The van der Waals surface area contributed by atoms with E-state index in [1.54, 1.807) is 13.8 Å². The number of rotatable bonds is 2. The van der Waals surface area contributed by atoms with Gasteiger partial charge >= 0.3 is 0 Å². The van der Waals surface area contributed by atoms with Gasteiger partial charge in [-0.1, -0.05) is 15.9 Å². The fourth-order valence-corrected chi connectivity index (χ4v) is 4.09. The summed E-state index contributed by atoms with van der Waals surface area (Å²) in [6.45, 7) is 4.10. The number of sulfonamides is 1. The van der Waals surface area contributed by atoms with Crippen molar-refractivity contribution in [1.29, 1.82) is 0 Å². The van der Waals surface area contributed by atoms with Crippen LogP contribution in [-0.4, -0.2) is 38.0 Å². The van der Waals surface area contributed by atoms with Crippen LogP contribution in [0, 0.1) is 5.82 Å². The molecular formula is C12H15BrFNO3S. The Balaban J connectivity index is 2.41. The standard InChI is InChI=1S/C12H15BrFNO3S/c1-8-7-18-9(2)6-15(8)19(16,17)12-4-3-10(13)5-11(12)14/h3-5,8-9H,6-7H2,1-2H3. The van der Waals surface area contributed by atoms with Crippen molar-refractivity contribution in [2.24, 2.45) is 0 Å². The van der Waals surface area contributed by atoms with Gasteiger partial charge in [-0.3, -0.25) is 0 Å². The fraction of sp³-hybridized carbons (Fsp3) is 0.500. The average Bonchev–Trinajstić information content (AvgIpc) is 2.31. The zero-order valence-electron chi connectivity index (χ0n) is 10.6. The van der Waals surface area contributed by atoms with E-state index in [9.17, 15) is 12.8 Å². The van der Waals surface area contributed by atoms with E-state index in [1.807, 2.05) is 0 Å². The molecule has 1 saturated heterocycles. The molecule has 1 aliphatic rings. The highest BCUT2D eigenvalue weighted by Crippen LogP contribution is 2.26. The van der Waals surface area contributed by atoms with E-state index in [-0.39, 0.29) is 23.6 Å². The molecule has 0 aromatic heterocycles. The highest BCUT2D eigenvalue weighted by atomic mass is 79.9. The van der Waals surface area contributed by atoms with Gasteiger partial charge in [0.15, 0.2) is 0 Å². The lowest BCUT2D eigenvalue weighted by atomic mass is 10.2. The van der Waals surface area contributed by atoms with Crippen LogP contribution in [0.4, 0.5) is 4.39 Å². The molecule has 0 amide bonds. The lowest BCUT2D eigenvalue weighted by Crippen LogP contribution is -2.50. The molecule has 0 saturated carbocycles.